The van der Waals surface area contributed by atoms with E-state index in [1.165, 1.54) is 56.6 Å². The number of carbonyl (C=O) groups is 1. The van der Waals surface area contributed by atoms with Gasteiger partial charge in [0.1, 0.15) is 5.75 Å². The highest BCUT2D eigenvalue weighted by molar-refractivity contribution is 7.89. The maximum atomic E-state index is 12.5. The van der Waals surface area contributed by atoms with Crippen molar-refractivity contribution in [3.05, 3.63) is 52.5 Å². The van der Waals surface area contributed by atoms with Gasteiger partial charge in [0.2, 0.25) is 15.9 Å². The molecule has 2 aromatic rings. The number of amides is 1. The standard InChI is InChI=1S/C16H16Cl2N2O4S/c1-20(25(22,23)15-5-3-14(24-2)4-6-15)10-16(21)19-13-8-11(17)7-12(18)9-13/h3-9H,10H2,1-2H3,(H,19,21). The van der Waals surface area contributed by atoms with Crippen LogP contribution in [-0.2, 0) is 14.8 Å². The molecule has 9 heteroatoms. The highest BCUT2D eigenvalue weighted by atomic mass is 35.5. The number of sulfonamides is 1. The van der Waals surface area contributed by atoms with Crippen LogP contribution in [0.5, 0.6) is 5.75 Å². The van der Waals surface area contributed by atoms with E-state index in [-0.39, 0.29) is 11.4 Å². The molecule has 0 aromatic heterocycles. The van der Waals surface area contributed by atoms with Gasteiger partial charge in [-0.3, -0.25) is 4.79 Å². The minimum atomic E-state index is -3.80. The molecule has 0 fully saturated rings. The Labute approximate surface area is 156 Å². The van der Waals surface area contributed by atoms with E-state index in [4.69, 9.17) is 27.9 Å². The van der Waals surface area contributed by atoms with Gasteiger partial charge in [-0.1, -0.05) is 23.2 Å². The third kappa shape index (κ3) is 5.09. The first-order valence-corrected chi connectivity index (χ1v) is 9.28. The zero-order chi connectivity index (χ0) is 18.6. The van der Waals surface area contributed by atoms with Crippen LogP contribution in [0, 0.1) is 0 Å². The van der Waals surface area contributed by atoms with Gasteiger partial charge < -0.3 is 10.1 Å². The van der Waals surface area contributed by atoms with Gasteiger partial charge in [-0.25, -0.2) is 8.42 Å². The van der Waals surface area contributed by atoms with Crippen LogP contribution >= 0.6 is 23.2 Å². The molecule has 0 heterocycles. The number of anilines is 1. The predicted molar refractivity (Wildman–Crippen MR) is 97.9 cm³/mol. The molecule has 134 valence electrons. The SMILES string of the molecule is COc1ccc(S(=O)(=O)N(C)CC(=O)Nc2cc(Cl)cc(Cl)c2)cc1. The Hall–Kier alpha value is -1.80. The van der Waals surface area contributed by atoms with Crippen molar-refractivity contribution in [2.24, 2.45) is 0 Å². The molecule has 0 aliphatic heterocycles. The normalized spacial score (nSPS) is 11.4. The summed E-state index contributed by atoms with van der Waals surface area (Å²) in [4.78, 5) is 12.2. The van der Waals surface area contributed by atoms with Gasteiger partial charge in [-0.2, -0.15) is 4.31 Å². The van der Waals surface area contributed by atoms with Gasteiger partial charge in [-0.15, -0.1) is 0 Å². The Balaban J connectivity index is 2.08. The van der Waals surface area contributed by atoms with Gasteiger partial charge >= 0.3 is 0 Å². The smallest absolute Gasteiger partial charge is 0.243 e. The summed E-state index contributed by atoms with van der Waals surface area (Å²) in [5.74, 6) is 0.0232. The molecule has 25 heavy (non-hydrogen) atoms. The summed E-state index contributed by atoms with van der Waals surface area (Å²) in [5, 5.41) is 3.29. The van der Waals surface area contributed by atoms with E-state index in [0.717, 1.165) is 4.31 Å². The summed E-state index contributed by atoms with van der Waals surface area (Å²) in [6.07, 6.45) is 0. The van der Waals surface area contributed by atoms with Crippen molar-refractivity contribution in [3.63, 3.8) is 0 Å². The average Bonchev–Trinajstić information content (AvgIpc) is 2.53. The highest BCUT2D eigenvalue weighted by Crippen LogP contribution is 2.23. The molecule has 1 amide bonds. The lowest BCUT2D eigenvalue weighted by atomic mass is 10.3. The van der Waals surface area contributed by atoms with Gasteiger partial charge in [0.15, 0.2) is 0 Å². The lowest BCUT2D eigenvalue weighted by molar-refractivity contribution is -0.116. The quantitative estimate of drug-likeness (QED) is 0.804. The summed E-state index contributed by atoms with van der Waals surface area (Å²) < 4.78 is 30.9. The molecule has 0 saturated heterocycles. The molecule has 0 spiro atoms. The Morgan fingerprint density at radius 1 is 1.12 bits per heavy atom. The summed E-state index contributed by atoms with van der Waals surface area (Å²) >= 11 is 11.7. The number of likely N-dealkylation sites (N-methyl/N-ethyl adjacent to an activating group) is 1. The van der Waals surface area contributed by atoms with Crippen molar-refractivity contribution >= 4 is 44.8 Å². The Bertz CT molecular complexity index is 850. The van der Waals surface area contributed by atoms with E-state index in [9.17, 15) is 13.2 Å². The topological polar surface area (TPSA) is 75.7 Å². The molecule has 0 atom stereocenters. The summed E-state index contributed by atoms with van der Waals surface area (Å²) in [6.45, 7) is -0.363. The summed E-state index contributed by atoms with van der Waals surface area (Å²) in [5.41, 5.74) is 0.387. The minimum Gasteiger partial charge on any atom is -0.497 e. The number of benzene rings is 2. The van der Waals surface area contributed by atoms with Gasteiger partial charge in [0.25, 0.3) is 0 Å². The van der Waals surface area contributed by atoms with Gasteiger partial charge in [-0.05, 0) is 42.5 Å². The molecule has 0 aliphatic rings. The Kier molecular flexibility index (Phi) is 6.29. The molecule has 0 saturated carbocycles. The van der Waals surface area contributed by atoms with Gasteiger partial charge in [0, 0.05) is 22.8 Å². The number of rotatable bonds is 6. The first kappa shape index (κ1) is 19.5. The van der Waals surface area contributed by atoms with Crippen LogP contribution in [0.3, 0.4) is 0 Å². The van der Waals surface area contributed by atoms with E-state index in [1.54, 1.807) is 0 Å². The van der Waals surface area contributed by atoms with Crippen molar-refractivity contribution in [1.82, 2.24) is 4.31 Å². The molecule has 1 N–H and O–H groups in total. The van der Waals surface area contributed by atoms with Crippen LogP contribution < -0.4 is 10.1 Å². The molecular weight excluding hydrogens is 387 g/mol. The van der Waals surface area contributed by atoms with Crippen molar-refractivity contribution < 1.29 is 17.9 Å². The third-order valence-corrected chi connectivity index (χ3v) is 5.53. The summed E-state index contributed by atoms with van der Waals surface area (Å²) in [6, 6.07) is 10.5. The number of halogens is 2. The third-order valence-electron chi connectivity index (χ3n) is 3.28. The van der Waals surface area contributed by atoms with Crippen LogP contribution in [0.4, 0.5) is 5.69 Å². The maximum absolute atomic E-state index is 12.5. The second kappa shape index (κ2) is 8.05. The van der Waals surface area contributed by atoms with Crippen LogP contribution in [0.25, 0.3) is 0 Å². The number of ether oxygens (including phenoxy) is 1. The monoisotopic (exact) mass is 402 g/mol. The number of nitrogens with zero attached hydrogens (tertiary/aromatic N) is 1. The average molecular weight is 403 g/mol. The minimum absolute atomic E-state index is 0.0643. The number of carbonyl (C=O) groups excluding carboxylic acids is 1. The van der Waals surface area contributed by atoms with E-state index in [0.29, 0.717) is 21.5 Å². The van der Waals surface area contributed by atoms with E-state index in [1.807, 2.05) is 0 Å². The van der Waals surface area contributed by atoms with Crippen molar-refractivity contribution in [3.8, 4) is 5.75 Å². The van der Waals surface area contributed by atoms with E-state index < -0.39 is 15.9 Å². The van der Waals surface area contributed by atoms with Crippen LogP contribution in [0.15, 0.2) is 47.4 Å². The first-order valence-electron chi connectivity index (χ1n) is 7.08. The largest absolute Gasteiger partial charge is 0.497 e. The number of hydrogen-bond donors (Lipinski definition) is 1. The Morgan fingerprint density at radius 3 is 2.20 bits per heavy atom. The molecule has 0 radical (unpaired) electrons. The number of methoxy groups -OCH3 is 1. The van der Waals surface area contributed by atoms with Crippen LogP contribution in [-0.4, -0.2) is 39.3 Å². The van der Waals surface area contributed by atoms with Crippen molar-refractivity contribution in [1.29, 1.82) is 0 Å². The Morgan fingerprint density at radius 2 is 1.68 bits per heavy atom. The van der Waals surface area contributed by atoms with Crippen LogP contribution in [0.1, 0.15) is 0 Å². The number of nitrogens with one attached hydrogen (secondary N) is 1. The van der Waals surface area contributed by atoms with Crippen molar-refractivity contribution in [2.75, 3.05) is 26.0 Å². The molecule has 0 aliphatic carbocycles. The second-order valence-corrected chi connectivity index (χ2v) is 8.06. The second-order valence-electron chi connectivity index (χ2n) is 5.14. The molecule has 2 rings (SSSR count). The van der Waals surface area contributed by atoms with E-state index >= 15 is 0 Å². The maximum Gasteiger partial charge on any atom is 0.243 e. The molecule has 6 nitrogen and oxygen atoms in total. The van der Waals surface area contributed by atoms with Crippen molar-refractivity contribution in [2.45, 2.75) is 4.90 Å². The lowest BCUT2D eigenvalue weighted by Gasteiger charge is -2.17. The fourth-order valence-corrected chi connectivity index (χ4v) is 3.69. The van der Waals surface area contributed by atoms with E-state index in [2.05, 4.69) is 5.32 Å². The fourth-order valence-electron chi connectivity index (χ4n) is 2.04. The van der Waals surface area contributed by atoms with Crippen LogP contribution in [0.2, 0.25) is 10.0 Å². The first-order chi connectivity index (χ1) is 11.7. The molecule has 0 bridgehead atoms. The molecular formula is C16H16Cl2N2O4S. The highest BCUT2D eigenvalue weighted by Gasteiger charge is 2.23. The predicted octanol–water partition coefficient (Wildman–Crippen LogP) is 3.26. The number of hydrogen-bond acceptors (Lipinski definition) is 4. The zero-order valence-electron chi connectivity index (χ0n) is 13.5. The molecule has 2 aromatic carbocycles. The lowest BCUT2D eigenvalue weighted by Crippen LogP contribution is -2.34. The summed E-state index contributed by atoms with van der Waals surface area (Å²) in [7, 11) is -0.991. The fraction of sp³-hybridized carbons (Fsp3) is 0.188. The zero-order valence-corrected chi connectivity index (χ0v) is 15.8. The van der Waals surface area contributed by atoms with Gasteiger partial charge in [0.05, 0.1) is 18.6 Å². The molecule has 0 unspecified atom stereocenters.